The molecule has 2 aromatic rings. The summed E-state index contributed by atoms with van der Waals surface area (Å²) in [5.41, 5.74) is 4.08. The zero-order chi connectivity index (χ0) is 17.8. The van der Waals surface area contributed by atoms with Gasteiger partial charge < -0.3 is 10.4 Å². The van der Waals surface area contributed by atoms with E-state index < -0.39 is 0 Å². The minimum Gasteiger partial charge on any atom is -0.508 e. The van der Waals surface area contributed by atoms with E-state index in [1.54, 1.807) is 12.1 Å². The minimum absolute atomic E-state index is 0.0627. The summed E-state index contributed by atoms with van der Waals surface area (Å²) in [6.07, 6.45) is 3.02. The van der Waals surface area contributed by atoms with Crippen LogP contribution in [-0.4, -0.2) is 35.5 Å². The number of anilines is 1. The van der Waals surface area contributed by atoms with Crippen molar-refractivity contribution in [3.8, 4) is 5.75 Å². The fourth-order valence-corrected chi connectivity index (χ4v) is 3.19. The number of carbonyl (C=O) groups excluding carboxylic acids is 1. The molecule has 0 saturated heterocycles. The lowest BCUT2D eigenvalue weighted by Crippen LogP contribution is -2.36. The average molecular weight is 357 g/mol. The average Bonchev–Trinajstić information content (AvgIpc) is 2.59. The highest BCUT2D eigenvalue weighted by molar-refractivity contribution is 6.33. The highest BCUT2D eigenvalue weighted by atomic mass is 35.5. The third-order valence-electron chi connectivity index (χ3n) is 4.30. The normalized spacial score (nSPS) is 14.9. The van der Waals surface area contributed by atoms with Gasteiger partial charge in [0, 0.05) is 13.1 Å². The number of aryl methyl sites for hydroxylation is 1. The molecule has 0 atom stereocenters. The Kier molecular flexibility index (Phi) is 5.41. The molecule has 0 saturated carbocycles. The van der Waals surface area contributed by atoms with Crippen LogP contribution in [0.2, 0.25) is 5.02 Å². The molecule has 0 aliphatic carbocycles. The minimum atomic E-state index is -0.0627. The molecule has 25 heavy (non-hydrogen) atoms. The van der Waals surface area contributed by atoms with Gasteiger partial charge in [0.2, 0.25) is 5.91 Å². The van der Waals surface area contributed by atoms with Crippen molar-refractivity contribution in [1.29, 1.82) is 0 Å². The second-order valence-electron chi connectivity index (χ2n) is 6.29. The molecule has 2 N–H and O–H groups in total. The highest BCUT2D eigenvalue weighted by Gasteiger charge is 2.16. The van der Waals surface area contributed by atoms with Gasteiger partial charge in [-0.15, -0.1) is 0 Å². The van der Waals surface area contributed by atoms with E-state index in [4.69, 9.17) is 11.6 Å². The van der Waals surface area contributed by atoms with Gasteiger partial charge in [-0.3, -0.25) is 9.69 Å². The van der Waals surface area contributed by atoms with Crippen molar-refractivity contribution in [3.05, 3.63) is 64.7 Å². The van der Waals surface area contributed by atoms with Crippen LogP contribution in [0.3, 0.4) is 0 Å². The Labute approximate surface area is 152 Å². The predicted octanol–water partition coefficient (Wildman–Crippen LogP) is 4.08. The Morgan fingerprint density at radius 2 is 2.00 bits per heavy atom. The number of carbonyl (C=O) groups is 1. The van der Waals surface area contributed by atoms with Crippen LogP contribution < -0.4 is 5.32 Å². The van der Waals surface area contributed by atoms with Crippen LogP contribution in [0.5, 0.6) is 5.75 Å². The van der Waals surface area contributed by atoms with Crippen LogP contribution in [0, 0.1) is 6.92 Å². The summed E-state index contributed by atoms with van der Waals surface area (Å²) in [6, 6.07) is 12.8. The summed E-state index contributed by atoms with van der Waals surface area (Å²) in [7, 11) is 0. The van der Waals surface area contributed by atoms with Crippen molar-refractivity contribution in [3.63, 3.8) is 0 Å². The Balaban J connectivity index is 1.56. The number of nitrogens with zero attached hydrogens (tertiary/aromatic N) is 1. The molecule has 1 aliphatic rings. The fraction of sp³-hybridized carbons (Fsp3) is 0.250. The second-order valence-corrected chi connectivity index (χ2v) is 6.70. The molecule has 0 radical (unpaired) electrons. The molecule has 0 unspecified atom stereocenters. The van der Waals surface area contributed by atoms with Crippen LogP contribution in [0.15, 0.2) is 48.5 Å². The first-order valence-electron chi connectivity index (χ1n) is 8.28. The first-order chi connectivity index (χ1) is 12.0. The maximum atomic E-state index is 12.2. The molecule has 3 rings (SSSR count). The molecule has 5 heteroatoms. The molecular weight excluding hydrogens is 336 g/mol. The van der Waals surface area contributed by atoms with E-state index in [0.717, 1.165) is 30.6 Å². The van der Waals surface area contributed by atoms with Crippen molar-refractivity contribution >= 4 is 28.8 Å². The lowest BCUT2D eigenvalue weighted by Gasteiger charge is -2.26. The van der Waals surface area contributed by atoms with E-state index in [0.29, 0.717) is 17.3 Å². The molecule has 0 spiro atoms. The number of benzene rings is 2. The van der Waals surface area contributed by atoms with Gasteiger partial charge in [-0.1, -0.05) is 35.9 Å². The smallest absolute Gasteiger partial charge is 0.238 e. The summed E-state index contributed by atoms with van der Waals surface area (Å²) in [5, 5.41) is 12.8. The number of amides is 1. The predicted molar refractivity (Wildman–Crippen MR) is 102 cm³/mol. The molecule has 4 nitrogen and oxygen atoms in total. The zero-order valence-corrected chi connectivity index (χ0v) is 14.9. The second kappa shape index (κ2) is 7.72. The van der Waals surface area contributed by atoms with E-state index in [2.05, 4.69) is 16.3 Å². The first kappa shape index (κ1) is 17.5. The van der Waals surface area contributed by atoms with Gasteiger partial charge in [-0.05, 0) is 54.3 Å². The number of aromatic hydroxyl groups is 1. The first-order valence-corrected chi connectivity index (χ1v) is 8.66. The number of rotatable bonds is 4. The van der Waals surface area contributed by atoms with Gasteiger partial charge in [0.05, 0.1) is 17.3 Å². The van der Waals surface area contributed by atoms with E-state index in [9.17, 15) is 9.90 Å². The third-order valence-corrected chi connectivity index (χ3v) is 4.61. The summed E-state index contributed by atoms with van der Waals surface area (Å²) < 4.78 is 0. The third kappa shape index (κ3) is 4.62. The van der Waals surface area contributed by atoms with E-state index in [1.807, 2.05) is 37.3 Å². The van der Waals surface area contributed by atoms with Crippen molar-refractivity contribution in [2.75, 3.05) is 25.0 Å². The Bertz CT molecular complexity index is 800. The lowest BCUT2D eigenvalue weighted by molar-refractivity contribution is -0.117. The van der Waals surface area contributed by atoms with Gasteiger partial charge in [0.15, 0.2) is 0 Å². The molecule has 0 aromatic heterocycles. The number of hydrogen-bond donors (Lipinski definition) is 2. The maximum absolute atomic E-state index is 12.2. The largest absolute Gasteiger partial charge is 0.508 e. The van der Waals surface area contributed by atoms with Crippen molar-refractivity contribution in [2.45, 2.75) is 13.3 Å². The van der Waals surface area contributed by atoms with E-state index in [1.165, 1.54) is 5.57 Å². The molecule has 2 aromatic carbocycles. The molecule has 0 bridgehead atoms. The van der Waals surface area contributed by atoms with E-state index >= 15 is 0 Å². The standard InChI is InChI=1S/C20H21ClN2O2/c1-14-2-7-19(18(21)12-14)22-20(25)13-23-10-8-16(9-11-23)15-3-5-17(24)6-4-15/h2-8,12,24H,9-11,13H2,1H3,(H,22,25). The zero-order valence-electron chi connectivity index (χ0n) is 14.1. The van der Waals surface area contributed by atoms with Gasteiger partial charge in [0.1, 0.15) is 5.75 Å². The van der Waals surface area contributed by atoms with E-state index in [-0.39, 0.29) is 11.7 Å². The molecular formula is C20H21ClN2O2. The molecule has 0 fully saturated rings. The van der Waals surface area contributed by atoms with Crippen LogP contribution in [0.4, 0.5) is 5.69 Å². The van der Waals surface area contributed by atoms with Crippen molar-refractivity contribution in [2.24, 2.45) is 0 Å². The van der Waals surface area contributed by atoms with Crippen LogP contribution >= 0.6 is 11.6 Å². The SMILES string of the molecule is Cc1ccc(NC(=O)CN2CC=C(c3ccc(O)cc3)CC2)c(Cl)c1. The number of phenolic OH excluding ortho intramolecular Hbond substituents is 1. The molecule has 1 amide bonds. The number of halogens is 1. The van der Waals surface area contributed by atoms with Crippen molar-refractivity contribution < 1.29 is 9.90 Å². The van der Waals surface area contributed by atoms with Gasteiger partial charge in [-0.25, -0.2) is 0 Å². The van der Waals surface area contributed by atoms with Crippen LogP contribution in [-0.2, 0) is 4.79 Å². The van der Waals surface area contributed by atoms with Gasteiger partial charge >= 0.3 is 0 Å². The Hall–Kier alpha value is -2.30. The number of hydrogen-bond acceptors (Lipinski definition) is 3. The summed E-state index contributed by atoms with van der Waals surface area (Å²) in [5.74, 6) is 0.209. The summed E-state index contributed by atoms with van der Waals surface area (Å²) in [6.45, 7) is 3.85. The Morgan fingerprint density at radius 1 is 1.24 bits per heavy atom. The fourth-order valence-electron chi connectivity index (χ4n) is 2.91. The molecule has 130 valence electrons. The lowest BCUT2D eigenvalue weighted by atomic mass is 9.99. The van der Waals surface area contributed by atoms with Crippen LogP contribution in [0.1, 0.15) is 17.5 Å². The molecule has 1 aliphatic heterocycles. The van der Waals surface area contributed by atoms with Gasteiger partial charge in [0.25, 0.3) is 0 Å². The summed E-state index contributed by atoms with van der Waals surface area (Å²) in [4.78, 5) is 14.3. The summed E-state index contributed by atoms with van der Waals surface area (Å²) >= 11 is 6.16. The quantitative estimate of drug-likeness (QED) is 0.867. The molecule has 1 heterocycles. The van der Waals surface area contributed by atoms with Gasteiger partial charge in [-0.2, -0.15) is 0 Å². The van der Waals surface area contributed by atoms with Crippen molar-refractivity contribution in [1.82, 2.24) is 4.90 Å². The topological polar surface area (TPSA) is 52.6 Å². The number of phenols is 1. The Morgan fingerprint density at radius 3 is 2.64 bits per heavy atom. The highest BCUT2D eigenvalue weighted by Crippen LogP contribution is 2.25. The monoisotopic (exact) mass is 356 g/mol. The maximum Gasteiger partial charge on any atom is 0.238 e. The number of nitrogens with one attached hydrogen (secondary N) is 1. The van der Waals surface area contributed by atoms with Crippen LogP contribution in [0.25, 0.3) is 5.57 Å².